The van der Waals surface area contributed by atoms with Gasteiger partial charge in [0.25, 0.3) is 0 Å². The van der Waals surface area contributed by atoms with Crippen LogP contribution in [0.1, 0.15) is 22.6 Å². The van der Waals surface area contributed by atoms with Gasteiger partial charge in [-0.1, -0.05) is 36.4 Å². The molecule has 2 aliphatic rings. The van der Waals surface area contributed by atoms with Crippen LogP contribution in [-0.4, -0.2) is 67.7 Å². The number of nitrogens with zero attached hydrogens (tertiary/aromatic N) is 1. The maximum absolute atomic E-state index is 13.7. The molecule has 200 valence electrons. The summed E-state index contributed by atoms with van der Waals surface area (Å²) in [6.07, 6.45) is -1.62. The third kappa shape index (κ3) is 3.28. The van der Waals surface area contributed by atoms with Crippen molar-refractivity contribution in [1.82, 2.24) is 4.90 Å². The molecule has 5 atom stereocenters. The Bertz CT molecular complexity index is 1380. The number of hydrogen-bond donors (Lipinski definition) is 3. The first-order valence-electron chi connectivity index (χ1n) is 12.1. The van der Waals surface area contributed by atoms with Crippen LogP contribution in [-0.2, 0) is 16.0 Å². The Kier molecular flexibility index (Phi) is 6.16. The number of phenolic OH excluding ortho intramolecular Hbond substituents is 1. The molecule has 0 bridgehead atoms. The fourth-order valence-corrected chi connectivity index (χ4v) is 6.16. The number of aromatic hydroxyl groups is 1. The molecule has 1 aliphatic heterocycles. The Hall–Kier alpha value is -3.95. The Balaban J connectivity index is 1.91. The summed E-state index contributed by atoms with van der Waals surface area (Å²) in [7, 11) is 7.56. The third-order valence-electron chi connectivity index (χ3n) is 7.77. The Labute approximate surface area is 220 Å². The topological polar surface area (TPSA) is 118 Å². The standard InChI is InChI=1S/C29H31NO8/c1-30(2)27(33)23-24(16-9-7-6-8-10-16)29(17-11-12-20(36-4)19(31)13-17)28(34,26(23)32)25-21(37-5)14-18(35-3)15-22(25)38-29/h6-15,23-24,26,31-32,34H,1-5H3/t23-,24-,26-,28+,29+/m1/s1. The van der Waals surface area contributed by atoms with Gasteiger partial charge in [0.05, 0.1) is 32.8 Å². The summed E-state index contributed by atoms with van der Waals surface area (Å²) in [5, 5.41) is 35.6. The van der Waals surface area contributed by atoms with E-state index in [0.29, 0.717) is 16.9 Å². The maximum atomic E-state index is 13.7. The van der Waals surface area contributed by atoms with Crippen molar-refractivity contribution in [1.29, 1.82) is 0 Å². The fourth-order valence-electron chi connectivity index (χ4n) is 6.16. The average molecular weight is 522 g/mol. The molecule has 0 spiro atoms. The second-order valence-corrected chi connectivity index (χ2v) is 9.79. The molecule has 0 saturated heterocycles. The van der Waals surface area contributed by atoms with E-state index >= 15 is 0 Å². The van der Waals surface area contributed by atoms with Gasteiger partial charge in [-0.25, -0.2) is 0 Å². The van der Waals surface area contributed by atoms with E-state index in [1.54, 1.807) is 38.4 Å². The van der Waals surface area contributed by atoms with Gasteiger partial charge in [-0.3, -0.25) is 4.79 Å². The van der Waals surface area contributed by atoms with Gasteiger partial charge in [-0.15, -0.1) is 0 Å². The highest BCUT2D eigenvalue weighted by atomic mass is 16.5. The predicted octanol–water partition coefficient (Wildman–Crippen LogP) is 2.76. The lowest BCUT2D eigenvalue weighted by atomic mass is 9.70. The normalized spacial score (nSPS) is 27.2. The van der Waals surface area contributed by atoms with Crippen LogP contribution in [0.5, 0.6) is 28.7 Å². The van der Waals surface area contributed by atoms with Crippen LogP contribution < -0.4 is 18.9 Å². The molecule has 38 heavy (non-hydrogen) atoms. The number of amides is 1. The first-order chi connectivity index (χ1) is 18.1. The van der Waals surface area contributed by atoms with E-state index in [2.05, 4.69) is 0 Å². The number of ether oxygens (including phenoxy) is 4. The molecule has 3 aromatic carbocycles. The number of hydrogen-bond acceptors (Lipinski definition) is 8. The molecule has 3 aromatic rings. The summed E-state index contributed by atoms with van der Waals surface area (Å²) in [4.78, 5) is 15.1. The number of carbonyl (C=O) groups excluding carboxylic acids is 1. The minimum Gasteiger partial charge on any atom is -0.504 e. The van der Waals surface area contributed by atoms with E-state index in [0.717, 1.165) is 0 Å². The maximum Gasteiger partial charge on any atom is 0.228 e. The van der Waals surface area contributed by atoms with Crippen LogP contribution in [0, 0.1) is 5.92 Å². The van der Waals surface area contributed by atoms with Crippen LogP contribution in [0.3, 0.4) is 0 Å². The van der Waals surface area contributed by atoms with Crippen LogP contribution in [0.25, 0.3) is 0 Å². The highest BCUT2D eigenvalue weighted by Gasteiger charge is 2.78. The molecule has 1 amide bonds. The number of methoxy groups -OCH3 is 3. The monoisotopic (exact) mass is 521 g/mol. The molecule has 9 heteroatoms. The van der Waals surface area contributed by atoms with Crippen LogP contribution in [0.2, 0.25) is 0 Å². The van der Waals surface area contributed by atoms with Crippen molar-refractivity contribution in [3.63, 3.8) is 0 Å². The van der Waals surface area contributed by atoms with Gasteiger partial charge >= 0.3 is 0 Å². The minimum atomic E-state index is -2.17. The number of rotatable bonds is 6. The molecular formula is C29H31NO8. The van der Waals surface area contributed by atoms with E-state index in [9.17, 15) is 20.1 Å². The van der Waals surface area contributed by atoms with Gasteiger partial charge in [0.1, 0.15) is 23.4 Å². The zero-order chi connectivity index (χ0) is 27.4. The summed E-state index contributed by atoms with van der Waals surface area (Å²) < 4.78 is 23.1. The lowest BCUT2D eigenvalue weighted by Crippen LogP contribution is -2.52. The summed E-state index contributed by atoms with van der Waals surface area (Å²) in [6, 6.07) is 17.0. The highest BCUT2D eigenvalue weighted by Crippen LogP contribution is 2.70. The molecule has 1 fully saturated rings. The number of fused-ring (bicyclic) bond motifs is 3. The Morgan fingerprint density at radius 2 is 1.63 bits per heavy atom. The summed E-state index contributed by atoms with van der Waals surface area (Å²) in [5.74, 6) is -1.46. The Morgan fingerprint density at radius 3 is 2.21 bits per heavy atom. The molecule has 5 rings (SSSR count). The number of aliphatic hydroxyl groups is 2. The van der Waals surface area contributed by atoms with Crippen molar-refractivity contribution in [3.8, 4) is 28.7 Å². The second kappa shape index (κ2) is 9.11. The van der Waals surface area contributed by atoms with E-state index in [1.807, 2.05) is 30.3 Å². The number of benzene rings is 3. The van der Waals surface area contributed by atoms with Gasteiger partial charge in [-0.2, -0.15) is 0 Å². The molecule has 0 aromatic heterocycles. The molecule has 0 radical (unpaired) electrons. The SMILES string of the molecule is COc1cc(OC)c2c(c1)O[C@@]1(c3ccc(OC)c(O)c3)[C@H](c3ccccc3)[C@@H](C(=O)N(C)C)[C@@H](O)[C@@]21O. The predicted molar refractivity (Wildman–Crippen MR) is 138 cm³/mol. The third-order valence-corrected chi connectivity index (χ3v) is 7.77. The molecule has 1 aliphatic carbocycles. The van der Waals surface area contributed by atoms with E-state index < -0.39 is 29.1 Å². The van der Waals surface area contributed by atoms with Gasteiger partial charge in [0, 0.05) is 37.7 Å². The Morgan fingerprint density at radius 1 is 0.947 bits per heavy atom. The van der Waals surface area contributed by atoms with E-state index in [4.69, 9.17) is 18.9 Å². The smallest absolute Gasteiger partial charge is 0.228 e. The van der Waals surface area contributed by atoms with Crippen molar-refractivity contribution in [2.24, 2.45) is 5.92 Å². The van der Waals surface area contributed by atoms with E-state index in [1.165, 1.54) is 32.3 Å². The largest absolute Gasteiger partial charge is 0.504 e. The number of carbonyl (C=O) groups is 1. The quantitative estimate of drug-likeness (QED) is 0.453. The summed E-state index contributed by atoms with van der Waals surface area (Å²) >= 11 is 0. The van der Waals surface area contributed by atoms with Gasteiger partial charge in [0.15, 0.2) is 22.7 Å². The molecular weight excluding hydrogens is 490 g/mol. The van der Waals surface area contributed by atoms with Gasteiger partial charge in [-0.05, 0) is 17.7 Å². The van der Waals surface area contributed by atoms with Gasteiger partial charge < -0.3 is 39.2 Å². The molecule has 9 nitrogen and oxygen atoms in total. The molecule has 3 N–H and O–H groups in total. The zero-order valence-electron chi connectivity index (χ0n) is 21.8. The van der Waals surface area contributed by atoms with Crippen LogP contribution in [0.15, 0.2) is 60.7 Å². The van der Waals surface area contributed by atoms with Crippen molar-refractivity contribution in [2.45, 2.75) is 23.2 Å². The lowest BCUT2D eigenvalue weighted by molar-refractivity contribution is -0.156. The van der Waals surface area contributed by atoms with Crippen LogP contribution >= 0.6 is 0 Å². The summed E-state index contributed by atoms with van der Waals surface area (Å²) in [6.45, 7) is 0. The van der Waals surface area contributed by atoms with Crippen molar-refractivity contribution >= 4 is 5.91 Å². The molecule has 0 unspecified atom stereocenters. The van der Waals surface area contributed by atoms with E-state index in [-0.39, 0.29) is 34.5 Å². The number of phenols is 1. The summed E-state index contributed by atoms with van der Waals surface area (Å²) in [5.41, 5.74) is -2.72. The fraction of sp³-hybridized carbons (Fsp3) is 0.345. The second-order valence-electron chi connectivity index (χ2n) is 9.79. The average Bonchev–Trinajstić information content (AvgIpc) is 3.30. The first-order valence-corrected chi connectivity index (χ1v) is 12.1. The zero-order valence-corrected chi connectivity index (χ0v) is 21.8. The van der Waals surface area contributed by atoms with Crippen molar-refractivity contribution in [3.05, 3.63) is 77.4 Å². The van der Waals surface area contributed by atoms with Gasteiger partial charge in [0.2, 0.25) is 5.91 Å². The first kappa shape index (κ1) is 25.7. The van der Waals surface area contributed by atoms with Crippen LogP contribution in [0.4, 0.5) is 0 Å². The van der Waals surface area contributed by atoms with Crippen molar-refractivity contribution < 1.29 is 39.1 Å². The highest BCUT2D eigenvalue weighted by molar-refractivity contribution is 5.83. The molecule has 1 saturated carbocycles. The lowest BCUT2D eigenvalue weighted by Gasteiger charge is -2.41. The minimum absolute atomic E-state index is 0.186. The van der Waals surface area contributed by atoms with Crippen molar-refractivity contribution in [2.75, 3.05) is 35.4 Å². The molecule has 1 heterocycles. The number of aliphatic hydroxyl groups excluding tert-OH is 1.